The van der Waals surface area contributed by atoms with E-state index in [0.717, 1.165) is 4.70 Å². The minimum Gasteiger partial charge on any atom is -0.328 e. The number of thiophene rings is 1. The number of fused-ring (bicyclic) bond motifs is 2. The predicted octanol–water partition coefficient (Wildman–Crippen LogP) is 4.33. The zero-order valence-corrected chi connectivity index (χ0v) is 16.2. The molecular formula is C21H18FN3O2S. The maximum absolute atomic E-state index is 14.0. The molecule has 0 radical (unpaired) electrons. The Balaban J connectivity index is 1.70. The molecule has 0 unspecified atom stereocenters. The molecule has 0 aliphatic rings. The van der Waals surface area contributed by atoms with Crippen molar-refractivity contribution in [2.45, 2.75) is 26.4 Å². The number of hydrogen-bond acceptors (Lipinski definition) is 4. The van der Waals surface area contributed by atoms with Crippen LogP contribution in [0.25, 0.3) is 21.0 Å². The lowest BCUT2D eigenvalue weighted by Gasteiger charge is -2.25. The number of carbonyl (C=O) groups is 1. The van der Waals surface area contributed by atoms with Gasteiger partial charge in [-0.15, -0.1) is 11.3 Å². The molecule has 2 aromatic carbocycles. The third-order valence-electron chi connectivity index (χ3n) is 4.59. The maximum Gasteiger partial charge on any atom is 0.264 e. The first-order valence-corrected chi connectivity index (χ1v) is 9.72. The van der Waals surface area contributed by atoms with Crippen molar-refractivity contribution in [2.24, 2.45) is 0 Å². The highest BCUT2D eigenvalue weighted by molar-refractivity contribution is 7.20. The molecule has 28 heavy (non-hydrogen) atoms. The highest BCUT2D eigenvalue weighted by Gasteiger charge is 2.23. The predicted molar refractivity (Wildman–Crippen MR) is 109 cm³/mol. The zero-order chi connectivity index (χ0) is 19.8. The molecular weight excluding hydrogens is 377 g/mol. The lowest BCUT2D eigenvalue weighted by atomic mass is 10.2. The number of hydrogen-bond donors (Lipinski definition) is 1. The van der Waals surface area contributed by atoms with Crippen LogP contribution in [0, 0.1) is 5.82 Å². The molecule has 0 atom stereocenters. The van der Waals surface area contributed by atoms with Crippen molar-refractivity contribution in [3.05, 3.63) is 75.4 Å². The van der Waals surface area contributed by atoms with Crippen molar-refractivity contribution in [1.82, 2.24) is 14.9 Å². The van der Waals surface area contributed by atoms with Gasteiger partial charge in [-0.25, -0.2) is 9.37 Å². The summed E-state index contributed by atoms with van der Waals surface area (Å²) in [6.07, 6.45) is 0. The average Bonchev–Trinajstić information content (AvgIpc) is 3.11. The van der Waals surface area contributed by atoms with E-state index >= 15 is 0 Å². The molecule has 1 amide bonds. The number of nitrogens with zero attached hydrogens (tertiary/aromatic N) is 2. The van der Waals surface area contributed by atoms with Gasteiger partial charge in [0.2, 0.25) is 0 Å². The maximum atomic E-state index is 14.0. The SMILES string of the molecule is CC(C)N(Cc1nc2ccccc2c(=O)[nH]1)C(=O)c1cc2c(F)cccc2s1. The van der Waals surface area contributed by atoms with Gasteiger partial charge < -0.3 is 9.88 Å². The summed E-state index contributed by atoms with van der Waals surface area (Å²) in [5.74, 6) is -0.145. The van der Waals surface area contributed by atoms with Crippen LogP contribution in [-0.2, 0) is 6.54 Å². The van der Waals surface area contributed by atoms with Crippen LogP contribution in [0.1, 0.15) is 29.3 Å². The summed E-state index contributed by atoms with van der Waals surface area (Å²) < 4.78 is 14.7. The fourth-order valence-corrected chi connectivity index (χ4v) is 4.16. The Morgan fingerprint density at radius 3 is 2.71 bits per heavy atom. The van der Waals surface area contributed by atoms with Crippen LogP contribution < -0.4 is 5.56 Å². The first-order valence-electron chi connectivity index (χ1n) is 8.91. The van der Waals surface area contributed by atoms with E-state index in [1.165, 1.54) is 17.4 Å². The Labute approximate surface area is 164 Å². The largest absolute Gasteiger partial charge is 0.328 e. The normalized spacial score (nSPS) is 11.4. The number of nitrogens with one attached hydrogen (secondary N) is 1. The molecule has 0 aliphatic heterocycles. The number of aromatic amines is 1. The number of H-pyrrole nitrogens is 1. The molecule has 2 heterocycles. The molecule has 0 saturated heterocycles. The van der Waals surface area contributed by atoms with Crippen LogP contribution in [0.5, 0.6) is 0 Å². The minimum absolute atomic E-state index is 0.126. The smallest absolute Gasteiger partial charge is 0.264 e. The van der Waals surface area contributed by atoms with Crippen molar-refractivity contribution < 1.29 is 9.18 Å². The van der Waals surface area contributed by atoms with Crippen LogP contribution in [0.2, 0.25) is 0 Å². The van der Waals surface area contributed by atoms with Gasteiger partial charge in [-0.3, -0.25) is 9.59 Å². The lowest BCUT2D eigenvalue weighted by molar-refractivity contribution is 0.0690. The van der Waals surface area contributed by atoms with E-state index in [2.05, 4.69) is 9.97 Å². The average molecular weight is 395 g/mol. The van der Waals surface area contributed by atoms with Crippen LogP contribution in [0.4, 0.5) is 4.39 Å². The van der Waals surface area contributed by atoms with E-state index in [-0.39, 0.29) is 29.9 Å². The molecule has 2 aromatic heterocycles. The summed E-state index contributed by atoms with van der Waals surface area (Å²) in [7, 11) is 0. The van der Waals surface area contributed by atoms with Gasteiger partial charge in [0.05, 0.1) is 22.3 Å². The summed E-state index contributed by atoms with van der Waals surface area (Å²) in [5.41, 5.74) is 0.349. The molecule has 0 aliphatic carbocycles. The second-order valence-corrected chi connectivity index (χ2v) is 7.90. The van der Waals surface area contributed by atoms with Gasteiger partial charge in [0.15, 0.2) is 0 Å². The van der Waals surface area contributed by atoms with E-state index in [9.17, 15) is 14.0 Å². The Hall–Kier alpha value is -3.06. The summed E-state index contributed by atoms with van der Waals surface area (Å²) in [5, 5.41) is 0.949. The summed E-state index contributed by atoms with van der Waals surface area (Å²) in [4.78, 5) is 34.7. The van der Waals surface area contributed by atoms with Crippen molar-refractivity contribution in [3.63, 3.8) is 0 Å². The lowest BCUT2D eigenvalue weighted by Crippen LogP contribution is -2.37. The number of rotatable bonds is 4. The van der Waals surface area contributed by atoms with Gasteiger partial charge in [0.1, 0.15) is 11.6 Å². The third kappa shape index (κ3) is 3.29. The molecule has 5 nitrogen and oxygen atoms in total. The van der Waals surface area contributed by atoms with Gasteiger partial charge >= 0.3 is 0 Å². The summed E-state index contributed by atoms with van der Waals surface area (Å²) >= 11 is 1.26. The summed E-state index contributed by atoms with van der Waals surface area (Å²) in [6.45, 7) is 3.95. The number of aromatic nitrogens is 2. The second kappa shape index (κ2) is 7.16. The number of carbonyl (C=O) groups excluding carboxylic acids is 1. The van der Waals surface area contributed by atoms with Gasteiger partial charge in [-0.2, -0.15) is 0 Å². The van der Waals surface area contributed by atoms with Crippen LogP contribution >= 0.6 is 11.3 Å². The molecule has 7 heteroatoms. The molecule has 142 valence electrons. The number of benzene rings is 2. The molecule has 4 rings (SSSR count). The molecule has 0 spiro atoms. The molecule has 4 aromatic rings. The van der Waals surface area contributed by atoms with Crippen molar-refractivity contribution in [3.8, 4) is 0 Å². The van der Waals surface area contributed by atoms with E-state index in [0.29, 0.717) is 27.0 Å². The monoisotopic (exact) mass is 395 g/mol. The van der Waals surface area contributed by atoms with Gasteiger partial charge in [0.25, 0.3) is 11.5 Å². The number of halogens is 1. The van der Waals surface area contributed by atoms with Crippen molar-refractivity contribution >= 4 is 38.2 Å². The highest BCUT2D eigenvalue weighted by atomic mass is 32.1. The topological polar surface area (TPSA) is 66.1 Å². The minimum atomic E-state index is -0.343. The van der Waals surface area contributed by atoms with Gasteiger partial charge in [0, 0.05) is 16.1 Å². The Morgan fingerprint density at radius 2 is 1.96 bits per heavy atom. The first kappa shape index (κ1) is 18.3. The standard InChI is InChI=1S/C21H18FN3O2S/c1-12(2)25(11-19-23-16-8-4-3-6-13(16)20(26)24-19)21(27)18-10-14-15(22)7-5-9-17(14)28-18/h3-10,12H,11H2,1-2H3,(H,23,24,26). The van der Waals surface area contributed by atoms with E-state index in [1.54, 1.807) is 41.3 Å². The van der Waals surface area contributed by atoms with Crippen LogP contribution in [0.15, 0.2) is 53.3 Å². The molecule has 0 saturated carbocycles. The fourth-order valence-electron chi connectivity index (χ4n) is 3.13. The third-order valence-corrected chi connectivity index (χ3v) is 5.67. The second-order valence-electron chi connectivity index (χ2n) is 6.82. The van der Waals surface area contributed by atoms with E-state index in [4.69, 9.17) is 0 Å². The number of amides is 1. The highest BCUT2D eigenvalue weighted by Crippen LogP contribution is 2.29. The van der Waals surface area contributed by atoms with Gasteiger partial charge in [-0.05, 0) is 44.2 Å². The Morgan fingerprint density at radius 1 is 1.18 bits per heavy atom. The summed E-state index contributed by atoms with van der Waals surface area (Å²) in [6, 6.07) is 13.3. The quantitative estimate of drug-likeness (QED) is 0.559. The van der Waals surface area contributed by atoms with Crippen LogP contribution in [-0.4, -0.2) is 26.8 Å². The van der Waals surface area contributed by atoms with E-state index < -0.39 is 0 Å². The van der Waals surface area contributed by atoms with E-state index in [1.807, 2.05) is 19.9 Å². The van der Waals surface area contributed by atoms with Crippen LogP contribution in [0.3, 0.4) is 0 Å². The van der Waals surface area contributed by atoms with Crippen molar-refractivity contribution in [1.29, 1.82) is 0 Å². The molecule has 1 N–H and O–H groups in total. The van der Waals surface area contributed by atoms with Gasteiger partial charge in [-0.1, -0.05) is 18.2 Å². The molecule has 0 bridgehead atoms. The van der Waals surface area contributed by atoms with Crippen molar-refractivity contribution in [2.75, 3.05) is 0 Å². The Kier molecular flexibility index (Phi) is 4.68. The zero-order valence-electron chi connectivity index (χ0n) is 15.4. The Bertz CT molecular complexity index is 1250. The first-order chi connectivity index (χ1) is 13.4. The fraction of sp³-hybridized carbons (Fsp3) is 0.190. The molecule has 0 fully saturated rings. The number of para-hydroxylation sites is 1.